The number of benzene rings is 4. The molecule has 1 aromatic heterocycles. The summed E-state index contributed by atoms with van der Waals surface area (Å²) in [5.41, 5.74) is 16.7. The van der Waals surface area contributed by atoms with Gasteiger partial charge >= 0.3 is 0 Å². The predicted octanol–water partition coefficient (Wildman–Crippen LogP) is 15.3. The molecule has 5 aromatic rings. The van der Waals surface area contributed by atoms with Gasteiger partial charge in [-0.3, -0.25) is 0 Å². The van der Waals surface area contributed by atoms with Gasteiger partial charge in [0.2, 0.25) is 0 Å². The smallest absolute Gasteiger partial charge is 0.151 e. The number of rotatable bonds is 13. The lowest BCUT2D eigenvalue weighted by molar-refractivity contribution is 0.257. The first kappa shape index (κ1) is 42.2. The Morgan fingerprint density at radius 3 is 2.30 bits per heavy atom. The van der Waals surface area contributed by atoms with E-state index in [1.54, 1.807) is 6.08 Å². The molecule has 5 nitrogen and oxygen atoms in total. The fourth-order valence-corrected chi connectivity index (χ4v) is 8.71. The van der Waals surface area contributed by atoms with Gasteiger partial charge in [-0.25, -0.2) is 0 Å². The van der Waals surface area contributed by atoms with Crippen LogP contribution in [0, 0.1) is 0 Å². The molecule has 5 heteroatoms. The third kappa shape index (κ3) is 8.20. The predicted molar refractivity (Wildman–Crippen MR) is 266 cm³/mol. The van der Waals surface area contributed by atoms with Crippen molar-refractivity contribution in [3.8, 4) is 11.4 Å². The number of aromatic nitrogens is 1. The van der Waals surface area contributed by atoms with E-state index in [2.05, 4.69) is 187 Å². The molecule has 0 saturated carbocycles. The van der Waals surface area contributed by atoms with Gasteiger partial charge in [-0.2, -0.15) is 0 Å². The molecule has 0 bridgehead atoms. The second-order valence-corrected chi connectivity index (χ2v) is 15.5. The summed E-state index contributed by atoms with van der Waals surface area (Å²) in [4.78, 5) is 4.61. The molecule has 0 atom stereocenters. The molecule has 0 fully saturated rings. The molecule has 1 aliphatic carbocycles. The molecule has 8 rings (SSSR count). The Labute approximate surface area is 373 Å². The lowest BCUT2D eigenvalue weighted by Gasteiger charge is -2.34. The van der Waals surface area contributed by atoms with Crippen LogP contribution in [0.15, 0.2) is 228 Å². The molecular formula is C58H55N3O2. The molecular weight excluding hydrogens is 771 g/mol. The number of hydrogen-bond donors (Lipinski definition) is 0. The molecule has 2 aliphatic heterocycles. The van der Waals surface area contributed by atoms with E-state index >= 15 is 0 Å². The van der Waals surface area contributed by atoms with E-state index < -0.39 is 0 Å². The van der Waals surface area contributed by atoms with Gasteiger partial charge in [-0.1, -0.05) is 130 Å². The molecule has 0 N–H and O–H groups in total. The first-order valence-corrected chi connectivity index (χ1v) is 22.0. The highest BCUT2D eigenvalue weighted by Crippen LogP contribution is 2.43. The average Bonchev–Trinajstić information content (AvgIpc) is 3.46. The zero-order valence-electron chi connectivity index (χ0n) is 37.2. The monoisotopic (exact) mass is 825 g/mol. The van der Waals surface area contributed by atoms with Crippen molar-refractivity contribution in [2.45, 2.75) is 54.4 Å². The lowest BCUT2D eigenvalue weighted by Crippen LogP contribution is -2.26. The van der Waals surface area contributed by atoms with E-state index in [9.17, 15) is 0 Å². The molecule has 0 spiro atoms. The normalized spacial score (nSPS) is 16.0. The van der Waals surface area contributed by atoms with Gasteiger partial charge in [-0.15, -0.1) is 5.73 Å². The highest BCUT2D eigenvalue weighted by molar-refractivity contribution is 6.15. The Morgan fingerprint density at radius 2 is 1.54 bits per heavy atom. The van der Waals surface area contributed by atoms with Crippen LogP contribution >= 0.6 is 0 Å². The number of para-hydroxylation sites is 5. The number of ether oxygens (including phenoxy) is 2. The fraction of sp³-hybridized carbons (Fsp3) is 0.155. The number of fused-ring (bicyclic) bond motifs is 4. The average molecular weight is 826 g/mol. The Bertz CT molecular complexity index is 2980. The summed E-state index contributed by atoms with van der Waals surface area (Å²) in [7, 11) is 0. The standard InChI is InChI=1S/C58H55N3O2/c1-8-13-35-51-42(7)62-55(25-11-4)41(6)59(51)40-22-27-43(23-9-2)47-31-20-33-49-50-34-21-32-48(58(50)61(57(47)49)45-28-15-14-16-29-45)44-26-19-30-46(39-38-44)60-52(24-10-3)54(12-5)63-56-37-18-17-36-53(56)60/h8,10-11,13-25,27-39H,1,9,12,40H2,2-7H3/b24-10-,25-11-,27-22-,35-13-,43-23+. The number of hydrogen-bond acceptors (Lipinski definition) is 4. The van der Waals surface area contributed by atoms with Crippen LogP contribution in [0.25, 0.3) is 38.6 Å². The van der Waals surface area contributed by atoms with Gasteiger partial charge in [0.15, 0.2) is 5.75 Å². The molecule has 0 amide bonds. The zero-order chi connectivity index (χ0) is 43.9. The molecule has 0 radical (unpaired) electrons. The van der Waals surface area contributed by atoms with Crippen molar-refractivity contribution in [2.75, 3.05) is 11.4 Å². The Morgan fingerprint density at radius 1 is 0.778 bits per heavy atom. The second-order valence-electron chi connectivity index (χ2n) is 15.5. The van der Waals surface area contributed by atoms with Gasteiger partial charge in [0, 0.05) is 51.8 Å². The highest BCUT2D eigenvalue weighted by Gasteiger charge is 2.27. The summed E-state index contributed by atoms with van der Waals surface area (Å²) >= 11 is 0. The fourth-order valence-electron chi connectivity index (χ4n) is 8.71. The van der Waals surface area contributed by atoms with E-state index in [0.29, 0.717) is 6.54 Å². The van der Waals surface area contributed by atoms with E-state index in [1.807, 2.05) is 51.1 Å². The van der Waals surface area contributed by atoms with Crippen LogP contribution in [0.3, 0.4) is 0 Å². The summed E-state index contributed by atoms with van der Waals surface area (Å²) in [6, 6.07) is 32.4. The van der Waals surface area contributed by atoms with Gasteiger partial charge in [-0.05, 0) is 106 Å². The largest absolute Gasteiger partial charge is 0.458 e. The summed E-state index contributed by atoms with van der Waals surface area (Å²) in [5, 5.41) is 2.38. The van der Waals surface area contributed by atoms with E-state index in [-0.39, 0.29) is 0 Å². The number of anilines is 1. The van der Waals surface area contributed by atoms with Crippen molar-refractivity contribution in [2.24, 2.45) is 0 Å². The maximum atomic E-state index is 6.42. The first-order valence-electron chi connectivity index (χ1n) is 22.0. The molecule has 63 heavy (non-hydrogen) atoms. The summed E-state index contributed by atoms with van der Waals surface area (Å²) in [6.45, 7) is 17.1. The van der Waals surface area contributed by atoms with Gasteiger partial charge < -0.3 is 23.8 Å². The van der Waals surface area contributed by atoms with Crippen molar-refractivity contribution < 1.29 is 9.47 Å². The van der Waals surface area contributed by atoms with Crippen molar-refractivity contribution in [3.63, 3.8) is 0 Å². The SMILES string of the molecule is C=C/C=C\C1=C(C)OC(/C=C\C)=C(C)N1C/C=C\C(=C/CC)c1cccc2c3cccc(C4=C=CC=C(N5C(/C=C\C)=C(CC)Oc6ccccc65)C=C4)c3n(-c3ccccc3)c12. The van der Waals surface area contributed by atoms with Crippen molar-refractivity contribution in [1.82, 2.24) is 9.47 Å². The topological polar surface area (TPSA) is 29.9 Å². The summed E-state index contributed by atoms with van der Waals surface area (Å²) in [5.74, 6) is 3.49. The van der Waals surface area contributed by atoms with Crippen molar-refractivity contribution in [1.29, 1.82) is 0 Å². The van der Waals surface area contributed by atoms with E-state index in [4.69, 9.17) is 9.47 Å². The van der Waals surface area contributed by atoms with Crippen LogP contribution in [0.4, 0.5) is 5.69 Å². The Balaban J connectivity index is 1.24. The van der Waals surface area contributed by atoms with Gasteiger partial charge in [0.25, 0.3) is 0 Å². The highest BCUT2D eigenvalue weighted by atomic mass is 16.5. The van der Waals surface area contributed by atoms with Crippen LogP contribution in [-0.4, -0.2) is 16.0 Å². The molecule has 314 valence electrons. The van der Waals surface area contributed by atoms with Crippen LogP contribution in [0.1, 0.15) is 65.5 Å². The molecule has 4 aromatic carbocycles. The minimum atomic E-state index is 0.665. The molecule has 3 aliphatic rings. The third-order valence-corrected chi connectivity index (χ3v) is 11.5. The lowest BCUT2D eigenvalue weighted by atomic mass is 9.99. The van der Waals surface area contributed by atoms with Crippen LogP contribution in [0.2, 0.25) is 0 Å². The summed E-state index contributed by atoms with van der Waals surface area (Å²) < 4.78 is 15.1. The Hall–Kier alpha value is -7.46. The molecule has 0 unspecified atom stereocenters. The zero-order valence-corrected chi connectivity index (χ0v) is 37.2. The Kier molecular flexibility index (Phi) is 12.8. The number of allylic oxidation sites excluding steroid dienone is 17. The molecule has 3 heterocycles. The second kappa shape index (κ2) is 19.1. The maximum Gasteiger partial charge on any atom is 0.151 e. The van der Waals surface area contributed by atoms with Gasteiger partial charge in [0.05, 0.1) is 33.8 Å². The number of nitrogens with zero attached hydrogens (tertiary/aromatic N) is 3. The van der Waals surface area contributed by atoms with E-state index in [1.165, 1.54) is 21.9 Å². The molecule has 0 saturated heterocycles. The van der Waals surface area contributed by atoms with Gasteiger partial charge in [0.1, 0.15) is 17.3 Å². The third-order valence-electron chi connectivity index (χ3n) is 11.5. The van der Waals surface area contributed by atoms with Crippen molar-refractivity contribution >= 4 is 38.6 Å². The van der Waals surface area contributed by atoms with Crippen LogP contribution in [-0.2, 0) is 4.74 Å². The summed E-state index contributed by atoms with van der Waals surface area (Å²) in [6.07, 6.45) is 31.2. The quantitative estimate of drug-likeness (QED) is 0.0874. The van der Waals surface area contributed by atoms with E-state index in [0.717, 1.165) is 92.2 Å². The maximum absolute atomic E-state index is 6.42. The first-order chi connectivity index (χ1) is 30.9. The van der Waals surface area contributed by atoms with Crippen molar-refractivity contribution in [3.05, 3.63) is 240 Å². The van der Waals surface area contributed by atoms with Crippen LogP contribution in [0.5, 0.6) is 5.75 Å². The minimum absolute atomic E-state index is 0.665. The van der Waals surface area contributed by atoms with Crippen LogP contribution < -0.4 is 9.64 Å². The minimum Gasteiger partial charge on any atom is -0.458 e.